The predicted octanol–water partition coefficient (Wildman–Crippen LogP) is 0.981. The molecule has 1 rings (SSSR count). The molecule has 1 amide bonds. The van der Waals surface area contributed by atoms with E-state index >= 15 is 0 Å². The Kier molecular flexibility index (Phi) is 4.67. The van der Waals surface area contributed by atoms with E-state index in [-0.39, 0.29) is 22.9 Å². The molecule has 3 N–H and O–H groups in total. The van der Waals surface area contributed by atoms with E-state index in [4.69, 9.17) is 5.11 Å². The summed E-state index contributed by atoms with van der Waals surface area (Å²) in [5.74, 6) is -1.62. The van der Waals surface area contributed by atoms with Crippen LogP contribution in [0.3, 0.4) is 0 Å². The van der Waals surface area contributed by atoms with E-state index in [0.717, 1.165) is 6.07 Å². The van der Waals surface area contributed by atoms with Crippen molar-refractivity contribution in [3.05, 3.63) is 23.8 Å². The highest BCUT2D eigenvalue weighted by molar-refractivity contribution is 5.94. The molecule has 0 unspecified atom stereocenters. The average Bonchev–Trinajstić information content (AvgIpc) is 2.29. The van der Waals surface area contributed by atoms with Crippen molar-refractivity contribution in [3.8, 4) is 5.75 Å². The molecule has 0 aliphatic carbocycles. The minimum atomic E-state index is -1.13. The molecule has 0 fully saturated rings. The molecule has 18 heavy (non-hydrogen) atoms. The maximum Gasteiger partial charge on any atom is 0.335 e. The number of phenolic OH excluding ortho intramolecular Hbond substituents is 1. The van der Waals surface area contributed by atoms with Crippen LogP contribution in [-0.2, 0) is 4.79 Å². The number of benzene rings is 1. The molecule has 1 aromatic rings. The van der Waals surface area contributed by atoms with Gasteiger partial charge in [0.15, 0.2) is 0 Å². The number of hydrogen-bond donors (Lipinski definition) is 3. The SMILES string of the molecule is CN(C)CCC(=O)Nc1ccc(C(=O)O)cc1O. The highest BCUT2D eigenvalue weighted by Crippen LogP contribution is 2.24. The van der Waals surface area contributed by atoms with Gasteiger partial charge in [0.05, 0.1) is 11.3 Å². The fraction of sp³-hybridized carbons (Fsp3) is 0.333. The fourth-order valence-electron chi connectivity index (χ4n) is 1.31. The maximum absolute atomic E-state index is 11.5. The number of carbonyl (C=O) groups excluding carboxylic acids is 1. The molecular formula is C12H16N2O4. The minimum Gasteiger partial charge on any atom is -0.506 e. The van der Waals surface area contributed by atoms with Gasteiger partial charge in [-0.05, 0) is 32.3 Å². The summed E-state index contributed by atoms with van der Waals surface area (Å²) in [4.78, 5) is 24.1. The number of carboxylic acids is 1. The van der Waals surface area contributed by atoms with Crippen LogP contribution in [0.25, 0.3) is 0 Å². The van der Waals surface area contributed by atoms with E-state index < -0.39 is 5.97 Å². The molecule has 0 aliphatic rings. The first-order valence-electron chi connectivity index (χ1n) is 5.41. The first-order chi connectivity index (χ1) is 8.40. The second-order valence-electron chi connectivity index (χ2n) is 4.14. The lowest BCUT2D eigenvalue weighted by molar-refractivity contribution is -0.116. The molecule has 0 heterocycles. The molecule has 0 spiro atoms. The van der Waals surface area contributed by atoms with Crippen molar-refractivity contribution in [1.82, 2.24) is 4.90 Å². The van der Waals surface area contributed by atoms with Crippen LogP contribution < -0.4 is 5.32 Å². The summed E-state index contributed by atoms with van der Waals surface area (Å²) in [6.45, 7) is 0.597. The largest absolute Gasteiger partial charge is 0.506 e. The second kappa shape index (κ2) is 6.02. The van der Waals surface area contributed by atoms with Gasteiger partial charge < -0.3 is 20.4 Å². The second-order valence-corrected chi connectivity index (χ2v) is 4.14. The fourth-order valence-corrected chi connectivity index (χ4v) is 1.31. The van der Waals surface area contributed by atoms with Gasteiger partial charge in [-0.15, -0.1) is 0 Å². The average molecular weight is 252 g/mol. The molecule has 0 aliphatic heterocycles. The van der Waals surface area contributed by atoms with Crippen molar-refractivity contribution < 1.29 is 19.8 Å². The maximum atomic E-state index is 11.5. The van der Waals surface area contributed by atoms with Crippen LogP contribution >= 0.6 is 0 Å². The normalized spacial score (nSPS) is 10.4. The zero-order valence-corrected chi connectivity index (χ0v) is 10.3. The van der Waals surface area contributed by atoms with E-state index in [1.165, 1.54) is 12.1 Å². The van der Waals surface area contributed by atoms with Gasteiger partial charge in [0.2, 0.25) is 5.91 Å². The van der Waals surface area contributed by atoms with Crippen LogP contribution in [0.2, 0.25) is 0 Å². The van der Waals surface area contributed by atoms with Gasteiger partial charge in [0, 0.05) is 13.0 Å². The smallest absolute Gasteiger partial charge is 0.335 e. The molecule has 98 valence electrons. The summed E-state index contributed by atoms with van der Waals surface area (Å²) in [5.41, 5.74) is 0.183. The third-order valence-electron chi connectivity index (χ3n) is 2.30. The van der Waals surface area contributed by atoms with Gasteiger partial charge in [-0.3, -0.25) is 4.79 Å². The van der Waals surface area contributed by atoms with Crippen LogP contribution in [0.5, 0.6) is 5.75 Å². The Labute approximate surface area is 105 Å². The summed E-state index contributed by atoms with van der Waals surface area (Å²) in [6, 6.07) is 3.79. The van der Waals surface area contributed by atoms with Gasteiger partial charge in [-0.25, -0.2) is 4.79 Å². The molecule has 0 atom stereocenters. The van der Waals surface area contributed by atoms with Gasteiger partial charge in [0.1, 0.15) is 5.75 Å². The van der Waals surface area contributed by atoms with Crippen LogP contribution in [-0.4, -0.2) is 47.6 Å². The number of nitrogens with one attached hydrogen (secondary N) is 1. The summed E-state index contributed by atoms with van der Waals surface area (Å²) < 4.78 is 0. The lowest BCUT2D eigenvalue weighted by atomic mass is 10.2. The molecule has 0 saturated carbocycles. The third kappa shape index (κ3) is 4.06. The Morgan fingerprint density at radius 3 is 2.50 bits per heavy atom. The summed E-state index contributed by atoms with van der Waals surface area (Å²) in [5, 5.41) is 20.8. The van der Waals surface area contributed by atoms with Crippen molar-refractivity contribution in [2.75, 3.05) is 26.0 Å². The Morgan fingerprint density at radius 1 is 1.33 bits per heavy atom. The monoisotopic (exact) mass is 252 g/mol. The number of anilines is 1. The number of rotatable bonds is 5. The molecule has 0 radical (unpaired) electrons. The van der Waals surface area contributed by atoms with E-state index in [1.807, 2.05) is 19.0 Å². The highest BCUT2D eigenvalue weighted by Gasteiger charge is 2.10. The molecule has 1 aromatic carbocycles. The first-order valence-corrected chi connectivity index (χ1v) is 5.41. The highest BCUT2D eigenvalue weighted by atomic mass is 16.4. The van der Waals surface area contributed by atoms with E-state index in [9.17, 15) is 14.7 Å². The Morgan fingerprint density at radius 2 is 2.00 bits per heavy atom. The Balaban J connectivity index is 2.68. The van der Waals surface area contributed by atoms with Gasteiger partial charge in [-0.1, -0.05) is 0 Å². The van der Waals surface area contributed by atoms with E-state index in [2.05, 4.69) is 5.32 Å². The topological polar surface area (TPSA) is 89.9 Å². The summed E-state index contributed by atoms with van der Waals surface area (Å²) >= 11 is 0. The molecule has 6 heteroatoms. The molecular weight excluding hydrogens is 236 g/mol. The number of amides is 1. The first kappa shape index (κ1) is 14.0. The van der Waals surface area contributed by atoms with Gasteiger partial charge >= 0.3 is 5.97 Å². The van der Waals surface area contributed by atoms with Crippen LogP contribution in [0.1, 0.15) is 16.8 Å². The van der Waals surface area contributed by atoms with Gasteiger partial charge in [-0.2, -0.15) is 0 Å². The molecule has 6 nitrogen and oxygen atoms in total. The van der Waals surface area contributed by atoms with Crippen LogP contribution in [0.4, 0.5) is 5.69 Å². The van der Waals surface area contributed by atoms with E-state index in [1.54, 1.807) is 0 Å². The number of phenols is 1. The number of carboxylic acid groups (broad SMARTS) is 1. The van der Waals surface area contributed by atoms with E-state index in [0.29, 0.717) is 13.0 Å². The number of aromatic carboxylic acids is 1. The van der Waals surface area contributed by atoms with Crippen molar-refractivity contribution in [3.63, 3.8) is 0 Å². The zero-order chi connectivity index (χ0) is 13.7. The van der Waals surface area contributed by atoms with Crippen molar-refractivity contribution >= 4 is 17.6 Å². The molecule has 0 bridgehead atoms. The zero-order valence-electron chi connectivity index (χ0n) is 10.3. The van der Waals surface area contributed by atoms with Gasteiger partial charge in [0.25, 0.3) is 0 Å². The number of carbonyl (C=O) groups is 2. The third-order valence-corrected chi connectivity index (χ3v) is 2.30. The molecule has 0 saturated heterocycles. The lowest BCUT2D eigenvalue weighted by Crippen LogP contribution is -2.20. The Bertz CT molecular complexity index is 457. The minimum absolute atomic E-state index is 0.0289. The standard InChI is InChI=1S/C12H16N2O4/c1-14(2)6-5-11(16)13-9-4-3-8(12(17)18)7-10(9)15/h3-4,7,15H,5-6H2,1-2H3,(H,13,16)(H,17,18). The number of aromatic hydroxyl groups is 1. The molecule has 0 aromatic heterocycles. The lowest BCUT2D eigenvalue weighted by Gasteiger charge is -2.10. The number of hydrogen-bond acceptors (Lipinski definition) is 4. The summed E-state index contributed by atoms with van der Waals surface area (Å²) in [7, 11) is 3.71. The quantitative estimate of drug-likeness (QED) is 0.680. The van der Waals surface area contributed by atoms with Crippen molar-refractivity contribution in [1.29, 1.82) is 0 Å². The number of nitrogens with zero attached hydrogens (tertiary/aromatic N) is 1. The van der Waals surface area contributed by atoms with Crippen molar-refractivity contribution in [2.45, 2.75) is 6.42 Å². The Hall–Kier alpha value is -2.08. The summed E-state index contributed by atoms with van der Waals surface area (Å²) in [6.07, 6.45) is 0.299. The predicted molar refractivity (Wildman–Crippen MR) is 66.9 cm³/mol. The van der Waals surface area contributed by atoms with Crippen LogP contribution in [0.15, 0.2) is 18.2 Å². The van der Waals surface area contributed by atoms with Crippen LogP contribution in [0, 0.1) is 0 Å². The van der Waals surface area contributed by atoms with Crippen molar-refractivity contribution in [2.24, 2.45) is 0 Å².